The lowest BCUT2D eigenvalue weighted by Gasteiger charge is -2.00. The van der Waals surface area contributed by atoms with E-state index in [9.17, 15) is 9.59 Å². The molecule has 1 heterocycles. The van der Waals surface area contributed by atoms with Gasteiger partial charge in [0.1, 0.15) is 0 Å². The minimum atomic E-state index is -0.688. The van der Waals surface area contributed by atoms with E-state index in [-0.39, 0.29) is 11.4 Å². The van der Waals surface area contributed by atoms with Crippen molar-refractivity contribution in [3.05, 3.63) is 22.4 Å². The molecule has 0 fully saturated rings. The van der Waals surface area contributed by atoms with Gasteiger partial charge in [-0.05, 0) is 0 Å². The number of aromatic nitrogens is 2. The van der Waals surface area contributed by atoms with Crippen molar-refractivity contribution < 1.29 is 9.53 Å². The van der Waals surface area contributed by atoms with Gasteiger partial charge in [0.25, 0.3) is 0 Å². The van der Waals surface area contributed by atoms with E-state index in [1.165, 1.54) is 7.11 Å². The molecule has 0 aromatic carbocycles. The van der Waals surface area contributed by atoms with Crippen LogP contribution in [0.2, 0.25) is 0 Å². The third-order valence-electron chi connectivity index (χ3n) is 1.23. The fourth-order valence-corrected chi connectivity index (χ4v) is 0.675. The Labute approximate surface area is 67.4 Å². The van der Waals surface area contributed by atoms with E-state index >= 15 is 0 Å². The standard InChI is InChI=1S/C6H7N3O3/c1-12-5(10)4-3(7)2-8-6(11)9-4/h2H,7H2,1H3,(H,8,9,11). The molecule has 0 unspecified atom stereocenters. The van der Waals surface area contributed by atoms with Crippen molar-refractivity contribution in [3.8, 4) is 0 Å². The van der Waals surface area contributed by atoms with Gasteiger partial charge in [-0.25, -0.2) is 9.59 Å². The Hall–Kier alpha value is -1.85. The number of hydrogen-bond acceptors (Lipinski definition) is 5. The average Bonchev–Trinajstić information content (AvgIpc) is 2.08. The molecule has 0 saturated heterocycles. The summed E-state index contributed by atoms with van der Waals surface area (Å²) in [6.07, 6.45) is 1.10. The smallest absolute Gasteiger partial charge is 0.356 e. The van der Waals surface area contributed by atoms with Crippen LogP contribution in [-0.4, -0.2) is 23.0 Å². The number of nitrogens with one attached hydrogen (secondary N) is 1. The van der Waals surface area contributed by atoms with Crippen LogP contribution in [0.25, 0.3) is 0 Å². The number of carbonyl (C=O) groups is 1. The zero-order valence-electron chi connectivity index (χ0n) is 6.33. The normalized spacial score (nSPS) is 9.42. The Kier molecular flexibility index (Phi) is 2.09. The molecule has 6 nitrogen and oxygen atoms in total. The highest BCUT2D eigenvalue weighted by Gasteiger charge is 2.10. The van der Waals surface area contributed by atoms with Gasteiger partial charge in [0.15, 0.2) is 5.69 Å². The van der Waals surface area contributed by atoms with E-state index < -0.39 is 11.7 Å². The maximum atomic E-state index is 10.9. The first kappa shape index (κ1) is 8.25. The molecule has 0 saturated carbocycles. The first-order valence-electron chi connectivity index (χ1n) is 3.08. The van der Waals surface area contributed by atoms with Crippen molar-refractivity contribution in [2.45, 2.75) is 0 Å². The molecule has 1 aromatic heterocycles. The largest absolute Gasteiger partial charge is 0.464 e. The van der Waals surface area contributed by atoms with Crippen LogP contribution in [0.4, 0.5) is 5.69 Å². The molecule has 6 heteroatoms. The minimum absolute atomic E-state index is 0.0718. The summed E-state index contributed by atoms with van der Waals surface area (Å²) in [5.74, 6) is -0.688. The van der Waals surface area contributed by atoms with Crippen molar-refractivity contribution in [1.82, 2.24) is 9.97 Å². The third-order valence-corrected chi connectivity index (χ3v) is 1.23. The van der Waals surface area contributed by atoms with Gasteiger partial charge in [0.05, 0.1) is 19.0 Å². The van der Waals surface area contributed by atoms with Gasteiger partial charge < -0.3 is 10.5 Å². The van der Waals surface area contributed by atoms with Crippen molar-refractivity contribution in [2.24, 2.45) is 0 Å². The Morgan fingerprint density at radius 3 is 3.00 bits per heavy atom. The van der Waals surface area contributed by atoms with Gasteiger partial charge >= 0.3 is 11.7 Å². The van der Waals surface area contributed by atoms with Crippen LogP contribution in [0, 0.1) is 0 Å². The highest BCUT2D eigenvalue weighted by atomic mass is 16.5. The van der Waals surface area contributed by atoms with E-state index in [4.69, 9.17) is 5.73 Å². The molecule has 1 rings (SSSR count). The van der Waals surface area contributed by atoms with E-state index in [0.717, 1.165) is 6.20 Å². The monoisotopic (exact) mass is 169 g/mol. The topological polar surface area (TPSA) is 98.1 Å². The molecule has 1 aromatic rings. The van der Waals surface area contributed by atoms with Gasteiger partial charge in [0.2, 0.25) is 0 Å². The van der Waals surface area contributed by atoms with Crippen LogP contribution >= 0.6 is 0 Å². The number of anilines is 1. The fraction of sp³-hybridized carbons (Fsp3) is 0.167. The summed E-state index contributed by atoms with van der Waals surface area (Å²) in [5.41, 5.74) is 4.71. The summed E-state index contributed by atoms with van der Waals surface area (Å²) < 4.78 is 4.36. The molecular weight excluding hydrogens is 162 g/mol. The van der Waals surface area contributed by atoms with Gasteiger partial charge in [-0.15, -0.1) is 0 Å². The number of nitrogen functional groups attached to an aromatic ring is 1. The fourth-order valence-electron chi connectivity index (χ4n) is 0.675. The summed E-state index contributed by atoms with van der Waals surface area (Å²) in [6.45, 7) is 0. The van der Waals surface area contributed by atoms with Crippen LogP contribution < -0.4 is 11.4 Å². The SMILES string of the molecule is COC(=O)c1[nH]c(=O)ncc1N. The van der Waals surface area contributed by atoms with E-state index in [0.29, 0.717) is 0 Å². The number of nitrogens with two attached hydrogens (primary N) is 1. The summed E-state index contributed by atoms with van der Waals surface area (Å²) in [4.78, 5) is 27.0. The minimum Gasteiger partial charge on any atom is -0.464 e. The lowest BCUT2D eigenvalue weighted by Crippen LogP contribution is -2.18. The molecular formula is C6H7N3O3. The number of rotatable bonds is 1. The predicted molar refractivity (Wildman–Crippen MR) is 40.6 cm³/mol. The molecule has 0 atom stereocenters. The number of carbonyl (C=O) groups excluding carboxylic acids is 1. The van der Waals surface area contributed by atoms with Crippen LogP contribution in [-0.2, 0) is 4.74 Å². The van der Waals surface area contributed by atoms with Crippen LogP contribution in [0.1, 0.15) is 10.5 Å². The van der Waals surface area contributed by atoms with E-state index in [1.807, 2.05) is 0 Å². The van der Waals surface area contributed by atoms with Crippen molar-refractivity contribution in [1.29, 1.82) is 0 Å². The molecule has 0 bridgehead atoms. The number of esters is 1. The zero-order valence-corrected chi connectivity index (χ0v) is 6.33. The second-order valence-corrected chi connectivity index (χ2v) is 2.01. The van der Waals surface area contributed by atoms with Gasteiger partial charge in [-0.2, -0.15) is 4.98 Å². The molecule has 0 radical (unpaired) electrons. The lowest BCUT2D eigenvalue weighted by atomic mass is 10.3. The molecule has 3 N–H and O–H groups in total. The maximum Gasteiger partial charge on any atom is 0.356 e. The molecule has 0 aliphatic rings. The number of nitrogens with zero attached hydrogens (tertiary/aromatic N) is 1. The van der Waals surface area contributed by atoms with Crippen LogP contribution in [0.3, 0.4) is 0 Å². The zero-order chi connectivity index (χ0) is 9.14. The third kappa shape index (κ3) is 1.42. The highest BCUT2D eigenvalue weighted by molar-refractivity contribution is 5.92. The highest BCUT2D eigenvalue weighted by Crippen LogP contribution is 2.03. The van der Waals surface area contributed by atoms with E-state index in [2.05, 4.69) is 14.7 Å². The summed E-state index contributed by atoms with van der Waals surface area (Å²) in [5, 5.41) is 0. The Morgan fingerprint density at radius 1 is 1.75 bits per heavy atom. The Bertz CT molecular complexity index is 357. The summed E-state index contributed by atoms with van der Waals surface area (Å²) >= 11 is 0. The van der Waals surface area contributed by atoms with Crippen LogP contribution in [0.5, 0.6) is 0 Å². The second-order valence-electron chi connectivity index (χ2n) is 2.01. The molecule has 12 heavy (non-hydrogen) atoms. The van der Waals surface area contributed by atoms with Crippen molar-refractivity contribution in [3.63, 3.8) is 0 Å². The predicted octanol–water partition coefficient (Wildman–Crippen LogP) is -0.861. The molecule has 0 spiro atoms. The van der Waals surface area contributed by atoms with Gasteiger partial charge in [-0.1, -0.05) is 0 Å². The first-order valence-corrected chi connectivity index (χ1v) is 3.08. The van der Waals surface area contributed by atoms with Gasteiger partial charge in [0, 0.05) is 0 Å². The number of aromatic amines is 1. The number of methoxy groups -OCH3 is 1. The number of hydrogen-bond donors (Lipinski definition) is 2. The summed E-state index contributed by atoms with van der Waals surface area (Å²) in [6, 6.07) is 0. The number of ether oxygens (including phenoxy) is 1. The molecule has 0 amide bonds. The van der Waals surface area contributed by atoms with Gasteiger partial charge in [-0.3, -0.25) is 4.98 Å². The Balaban J connectivity index is 3.22. The summed E-state index contributed by atoms with van der Waals surface area (Å²) in [7, 11) is 1.19. The maximum absolute atomic E-state index is 10.9. The van der Waals surface area contributed by atoms with Crippen molar-refractivity contribution in [2.75, 3.05) is 12.8 Å². The molecule has 0 aliphatic carbocycles. The first-order chi connectivity index (χ1) is 5.65. The van der Waals surface area contributed by atoms with Crippen LogP contribution in [0.15, 0.2) is 11.0 Å². The second kappa shape index (κ2) is 3.04. The number of H-pyrrole nitrogens is 1. The molecule has 64 valence electrons. The Morgan fingerprint density at radius 2 is 2.42 bits per heavy atom. The lowest BCUT2D eigenvalue weighted by molar-refractivity contribution is 0.0595. The quantitative estimate of drug-likeness (QED) is 0.533. The average molecular weight is 169 g/mol. The van der Waals surface area contributed by atoms with Crippen molar-refractivity contribution >= 4 is 11.7 Å². The molecule has 0 aliphatic heterocycles. The van der Waals surface area contributed by atoms with E-state index in [1.54, 1.807) is 0 Å².